The highest BCUT2D eigenvalue weighted by Gasteiger charge is 2.50. The van der Waals surface area contributed by atoms with Crippen LogP contribution in [0.25, 0.3) is 0 Å². The number of ketones is 1. The van der Waals surface area contributed by atoms with Crippen LogP contribution in [0.4, 0.5) is 5.69 Å². The molecule has 1 aromatic carbocycles. The largest absolute Gasteiger partial charge is 0.290 e. The van der Waals surface area contributed by atoms with E-state index in [9.17, 15) is 23.3 Å². The van der Waals surface area contributed by atoms with E-state index in [2.05, 4.69) is 4.40 Å². The van der Waals surface area contributed by atoms with Crippen LogP contribution in [0, 0.1) is 10.1 Å². The van der Waals surface area contributed by atoms with Gasteiger partial charge in [0.1, 0.15) is 5.38 Å². The van der Waals surface area contributed by atoms with Gasteiger partial charge in [-0.3, -0.25) is 14.9 Å². The van der Waals surface area contributed by atoms with Crippen LogP contribution in [0.3, 0.4) is 0 Å². The molecule has 0 heterocycles. The summed E-state index contributed by atoms with van der Waals surface area (Å²) in [6.45, 7) is 1.33. The molecule has 1 atom stereocenters. The van der Waals surface area contributed by atoms with Gasteiger partial charge in [-0.25, -0.2) is 0 Å². The van der Waals surface area contributed by atoms with E-state index in [1.165, 1.54) is 13.0 Å². The molecular weight excluding hydrogens is 438 g/mol. The molecule has 0 bridgehead atoms. The molecule has 1 aliphatic rings. The minimum atomic E-state index is -4.40. The number of rotatable bonds is 3. The molecule has 0 aliphatic heterocycles. The van der Waals surface area contributed by atoms with Crippen molar-refractivity contribution >= 4 is 73.6 Å². The second kappa shape index (κ2) is 6.85. The van der Waals surface area contributed by atoms with Crippen LogP contribution in [0.1, 0.15) is 6.92 Å². The first-order valence-electron chi connectivity index (χ1n) is 6.42. The number of nitro benzene ring substituents is 1. The summed E-state index contributed by atoms with van der Waals surface area (Å²) >= 11 is 23.6. The number of carbonyl (C=O) groups excluding carboxylic acids is 1. The highest BCUT2D eigenvalue weighted by atomic mass is 35.5. The number of benzene rings is 1. The molecule has 7 nitrogen and oxygen atoms in total. The summed E-state index contributed by atoms with van der Waals surface area (Å²) in [4.78, 5) is 21.6. The molecule has 1 aromatic rings. The van der Waals surface area contributed by atoms with E-state index in [-0.39, 0.29) is 11.3 Å². The minimum absolute atomic E-state index is 0.00222. The van der Waals surface area contributed by atoms with Gasteiger partial charge in [0, 0.05) is 12.1 Å². The summed E-state index contributed by atoms with van der Waals surface area (Å²) in [6.07, 6.45) is 0. The fraction of sp³-hybridized carbons (Fsp3) is 0.231. The highest BCUT2D eigenvalue weighted by molar-refractivity contribution is 7.90. The van der Waals surface area contributed by atoms with E-state index in [1.807, 2.05) is 0 Å². The zero-order valence-electron chi connectivity index (χ0n) is 12.2. The number of sulfonamides is 1. The van der Waals surface area contributed by atoms with Crippen LogP contribution in [0.15, 0.2) is 44.2 Å². The van der Waals surface area contributed by atoms with Crippen LogP contribution >= 0.6 is 46.4 Å². The van der Waals surface area contributed by atoms with E-state index in [1.54, 1.807) is 0 Å². The number of Topliss-reactive ketones (excluding diaryl/α,β-unsaturated/α-hetero) is 1. The van der Waals surface area contributed by atoms with Gasteiger partial charge >= 0.3 is 0 Å². The molecule has 0 N–H and O–H groups in total. The zero-order valence-corrected chi connectivity index (χ0v) is 16.1. The summed E-state index contributed by atoms with van der Waals surface area (Å²) in [5, 5.41) is 8.91. The number of allylic oxidation sites excluding steroid dienone is 2. The van der Waals surface area contributed by atoms with Crippen LogP contribution in [-0.4, -0.2) is 34.5 Å². The zero-order chi connectivity index (χ0) is 19.2. The van der Waals surface area contributed by atoms with Crippen LogP contribution < -0.4 is 0 Å². The fourth-order valence-corrected chi connectivity index (χ4v) is 4.20. The van der Waals surface area contributed by atoms with Crippen molar-refractivity contribution in [3.05, 3.63) is 45.0 Å². The van der Waals surface area contributed by atoms with Gasteiger partial charge < -0.3 is 0 Å². The Bertz CT molecular complexity index is 939. The molecule has 12 heteroatoms. The summed E-state index contributed by atoms with van der Waals surface area (Å²) in [6, 6.07) is 4.28. The normalized spacial score (nSPS) is 22.4. The van der Waals surface area contributed by atoms with E-state index < -0.39 is 46.1 Å². The second-order valence-electron chi connectivity index (χ2n) is 4.96. The average Bonchev–Trinajstić information content (AvgIpc) is 2.56. The van der Waals surface area contributed by atoms with Gasteiger partial charge in [-0.2, -0.15) is 12.8 Å². The first-order valence-corrected chi connectivity index (χ1v) is 9.43. The van der Waals surface area contributed by atoms with Gasteiger partial charge in [0.25, 0.3) is 15.7 Å². The molecule has 0 saturated heterocycles. The number of carbonyl (C=O) groups is 1. The maximum Gasteiger partial charge on any atom is 0.282 e. The van der Waals surface area contributed by atoms with Gasteiger partial charge in [-0.05, 0) is 18.6 Å². The van der Waals surface area contributed by atoms with Gasteiger partial charge in [0.2, 0.25) is 10.1 Å². The minimum Gasteiger partial charge on any atom is -0.290 e. The molecule has 0 aromatic heterocycles. The van der Waals surface area contributed by atoms with E-state index in [0.29, 0.717) is 0 Å². The van der Waals surface area contributed by atoms with Gasteiger partial charge in [0.15, 0.2) is 0 Å². The van der Waals surface area contributed by atoms with Crippen LogP contribution in [-0.2, 0) is 14.8 Å². The van der Waals surface area contributed by atoms with E-state index in [4.69, 9.17) is 46.4 Å². The molecule has 2 rings (SSSR count). The number of non-ortho nitro benzene ring substituents is 1. The maximum absolute atomic E-state index is 12.5. The Kier molecular flexibility index (Phi) is 5.51. The summed E-state index contributed by atoms with van der Waals surface area (Å²) in [5.41, 5.74) is -0.753. The number of hydrogen-bond acceptors (Lipinski definition) is 5. The first kappa shape index (κ1) is 20.1. The molecule has 0 amide bonds. The second-order valence-corrected chi connectivity index (χ2v) is 8.76. The maximum atomic E-state index is 12.5. The fourth-order valence-electron chi connectivity index (χ4n) is 1.96. The Balaban J connectivity index is 2.63. The Labute approximate surface area is 162 Å². The van der Waals surface area contributed by atoms with Gasteiger partial charge in [-0.15, -0.1) is 11.6 Å². The highest BCUT2D eigenvalue weighted by Crippen LogP contribution is 2.41. The molecular formula is C13H8Cl4N2O5S. The van der Waals surface area contributed by atoms with Crippen molar-refractivity contribution in [3.63, 3.8) is 0 Å². The summed E-state index contributed by atoms with van der Waals surface area (Å²) < 4.78 is 26.3. The van der Waals surface area contributed by atoms with Crippen molar-refractivity contribution in [2.24, 2.45) is 4.40 Å². The number of nitro groups is 1. The third-order valence-corrected chi connectivity index (χ3v) is 6.60. The predicted molar refractivity (Wildman–Crippen MR) is 95.4 cm³/mol. The molecule has 1 aliphatic carbocycles. The number of nitrogens with zero attached hydrogens (tertiary/aromatic N) is 2. The Morgan fingerprint density at radius 3 is 2.48 bits per heavy atom. The Hall–Kier alpha value is -1.19. The van der Waals surface area contributed by atoms with Crippen LogP contribution in [0.5, 0.6) is 0 Å². The topological polar surface area (TPSA) is 107 Å². The third-order valence-electron chi connectivity index (χ3n) is 3.32. The van der Waals surface area contributed by atoms with E-state index >= 15 is 0 Å². The monoisotopic (exact) mass is 444 g/mol. The summed E-state index contributed by atoms with van der Waals surface area (Å²) in [7, 11) is -4.40. The SMILES string of the molecule is CC1=C(Cl)C(=O)C(Cl)(Cl)[C@@H](Cl)C1=NS(=O)(=O)c1cccc([N+](=O)[O-])c1. The first-order chi connectivity index (χ1) is 11.4. The third kappa shape index (κ3) is 3.68. The number of hydrogen-bond donors (Lipinski definition) is 0. The lowest BCUT2D eigenvalue weighted by Gasteiger charge is -2.30. The van der Waals surface area contributed by atoms with Crippen molar-refractivity contribution in [3.8, 4) is 0 Å². The number of alkyl halides is 3. The smallest absolute Gasteiger partial charge is 0.282 e. The van der Waals surface area contributed by atoms with Crippen molar-refractivity contribution in [1.29, 1.82) is 0 Å². The van der Waals surface area contributed by atoms with Crippen molar-refractivity contribution < 1.29 is 18.1 Å². The number of halogens is 4. The lowest BCUT2D eigenvalue weighted by Crippen LogP contribution is -2.46. The van der Waals surface area contributed by atoms with Gasteiger partial charge in [0.05, 0.1) is 20.6 Å². The molecule has 0 saturated carbocycles. The molecule has 0 fully saturated rings. The Morgan fingerprint density at radius 2 is 1.92 bits per heavy atom. The van der Waals surface area contributed by atoms with Crippen molar-refractivity contribution in [2.45, 2.75) is 21.5 Å². The van der Waals surface area contributed by atoms with E-state index in [0.717, 1.165) is 18.2 Å². The quantitative estimate of drug-likeness (QED) is 0.401. The predicted octanol–water partition coefficient (Wildman–Crippen LogP) is 3.60. The molecule has 25 heavy (non-hydrogen) atoms. The average molecular weight is 446 g/mol. The molecule has 0 spiro atoms. The van der Waals surface area contributed by atoms with Gasteiger partial charge in [-0.1, -0.05) is 40.9 Å². The summed E-state index contributed by atoms with van der Waals surface area (Å²) in [5.74, 6) is -0.873. The van der Waals surface area contributed by atoms with Crippen molar-refractivity contribution in [1.82, 2.24) is 0 Å². The lowest BCUT2D eigenvalue weighted by molar-refractivity contribution is -0.385. The Morgan fingerprint density at radius 1 is 1.32 bits per heavy atom. The molecule has 0 unspecified atom stereocenters. The molecule has 0 radical (unpaired) electrons. The lowest BCUT2D eigenvalue weighted by atomic mass is 9.96. The van der Waals surface area contributed by atoms with Crippen LogP contribution in [0.2, 0.25) is 0 Å². The van der Waals surface area contributed by atoms with Crippen molar-refractivity contribution in [2.75, 3.05) is 0 Å². The standard InChI is InChI=1S/C13H8Cl4N2O5S/c1-6-9(14)12(20)13(16,17)11(15)10(6)18-25(23,24)8-4-2-3-7(5-8)19(21)22/h2-5,11H,1H3/t11-/m0/s1. The molecule has 134 valence electrons.